The molecule has 0 saturated carbocycles. The summed E-state index contributed by atoms with van der Waals surface area (Å²) in [4.78, 5) is 21.7. The number of non-ortho nitro benzene ring substituents is 1. The van der Waals surface area contributed by atoms with E-state index < -0.39 is 10.9 Å². The Morgan fingerprint density at radius 3 is 2.85 bits per heavy atom. The molecule has 0 fully saturated rings. The topological polar surface area (TPSA) is 98.1 Å². The Bertz CT molecular complexity index is 668. The number of esters is 1. The second-order valence-corrected chi connectivity index (χ2v) is 4.28. The number of nitrogens with one attached hydrogen (secondary N) is 1. The van der Waals surface area contributed by atoms with Gasteiger partial charge < -0.3 is 4.74 Å². The molecule has 104 valence electrons. The van der Waals surface area contributed by atoms with Crippen LogP contribution in [0.15, 0.2) is 24.3 Å². The molecule has 0 bridgehead atoms. The van der Waals surface area contributed by atoms with E-state index in [1.807, 2.05) is 0 Å². The summed E-state index contributed by atoms with van der Waals surface area (Å²) in [7, 11) is 0. The number of ether oxygens (including phenoxy) is 1. The van der Waals surface area contributed by atoms with Crippen LogP contribution in [0.25, 0.3) is 11.3 Å². The number of carbonyl (C=O) groups is 1. The van der Waals surface area contributed by atoms with Crippen molar-refractivity contribution < 1.29 is 14.5 Å². The predicted molar refractivity (Wildman–Crippen MR) is 71.6 cm³/mol. The third kappa shape index (κ3) is 2.94. The third-order valence-corrected chi connectivity index (χ3v) is 2.68. The first kappa shape index (κ1) is 14.0. The van der Waals surface area contributed by atoms with E-state index in [-0.39, 0.29) is 23.0 Å². The van der Waals surface area contributed by atoms with Crippen LogP contribution in [0.1, 0.15) is 17.4 Å². The summed E-state index contributed by atoms with van der Waals surface area (Å²) in [5.74, 6) is -0.539. The number of H-pyrrole nitrogens is 1. The number of aromatic nitrogens is 2. The van der Waals surface area contributed by atoms with Crippen LogP contribution in [0.4, 0.5) is 5.69 Å². The molecular weight excluding hydrogens is 286 g/mol. The van der Waals surface area contributed by atoms with Gasteiger partial charge in [-0.3, -0.25) is 15.2 Å². The van der Waals surface area contributed by atoms with Crippen LogP contribution >= 0.6 is 11.6 Å². The lowest BCUT2D eigenvalue weighted by Crippen LogP contribution is -2.04. The van der Waals surface area contributed by atoms with Gasteiger partial charge in [-0.05, 0) is 19.1 Å². The van der Waals surface area contributed by atoms with E-state index in [0.717, 1.165) is 0 Å². The number of rotatable bonds is 4. The van der Waals surface area contributed by atoms with Crippen molar-refractivity contribution in [3.63, 3.8) is 0 Å². The summed E-state index contributed by atoms with van der Waals surface area (Å²) < 4.78 is 4.82. The van der Waals surface area contributed by atoms with Crippen LogP contribution < -0.4 is 0 Å². The van der Waals surface area contributed by atoms with Crippen LogP contribution in [0.5, 0.6) is 0 Å². The lowest BCUT2D eigenvalue weighted by atomic mass is 10.1. The molecule has 1 aromatic carbocycles. The smallest absolute Gasteiger partial charge is 0.356 e. The zero-order valence-electron chi connectivity index (χ0n) is 10.4. The zero-order chi connectivity index (χ0) is 14.7. The molecule has 0 amide bonds. The van der Waals surface area contributed by atoms with Gasteiger partial charge in [0.05, 0.1) is 17.2 Å². The van der Waals surface area contributed by atoms with Crippen LogP contribution in [-0.4, -0.2) is 27.7 Å². The largest absolute Gasteiger partial charge is 0.461 e. The summed E-state index contributed by atoms with van der Waals surface area (Å²) >= 11 is 5.83. The summed E-state index contributed by atoms with van der Waals surface area (Å²) in [6.07, 6.45) is 0. The molecule has 0 radical (unpaired) electrons. The van der Waals surface area contributed by atoms with Crippen molar-refractivity contribution in [2.45, 2.75) is 6.92 Å². The van der Waals surface area contributed by atoms with E-state index >= 15 is 0 Å². The van der Waals surface area contributed by atoms with Gasteiger partial charge in [-0.2, -0.15) is 5.10 Å². The van der Waals surface area contributed by atoms with E-state index in [9.17, 15) is 14.9 Å². The van der Waals surface area contributed by atoms with Crippen molar-refractivity contribution in [2.75, 3.05) is 6.61 Å². The summed E-state index contributed by atoms with van der Waals surface area (Å²) in [5, 5.41) is 17.4. The number of hydrogen-bond donors (Lipinski definition) is 1. The molecule has 20 heavy (non-hydrogen) atoms. The highest BCUT2D eigenvalue weighted by Gasteiger charge is 2.15. The molecule has 1 aromatic heterocycles. The minimum Gasteiger partial charge on any atom is -0.461 e. The minimum atomic E-state index is -0.547. The van der Waals surface area contributed by atoms with Gasteiger partial charge in [0.1, 0.15) is 5.69 Å². The number of carbonyl (C=O) groups excluding carboxylic acids is 1. The highest BCUT2D eigenvalue weighted by molar-refractivity contribution is 6.31. The van der Waals surface area contributed by atoms with E-state index in [0.29, 0.717) is 11.3 Å². The Morgan fingerprint density at radius 2 is 2.20 bits per heavy atom. The SMILES string of the molecule is CCOC(=O)c1cc(-c2cc(Cl)cc([N+](=O)[O-])c2)n[nH]1. The maximum Gasteiger partial charge on any atom is 0.356 e. The predicted octanol–water partition coefficient (Wildman–Crippen LogP) is 2.82. The second-order valence-electron chi connectivity index (χ2n) is 3.84. The molecule has 0 spiro atoms. The molecule has 8 heteroatoms. The number of nitrogens with zero attached hydrogens (tertiary/aromatic N) is 2. The lowest BCUT2D eigenvalue weighted by Gasteiger charge is -1.98. The van der Waals surface area contributed by atoms with Crippen molar-refractivity contribution >= 4 is 23.3 Å². The molecule has 1 N–H and O–H groups in total. The number of halogens is 1. The monoisotopic (exact) mass is 295 g/mol. The normalized spacial score (nSPS) is 10.3. The van der Waals surface area contributed by atoms with Gasteiger partial charge in [0.2, 0.25) is 0 Å². The maximum atomic E-state index is 11.5. The van der Waals surface area contributed by atoms with Gasteiger partial charge in [-0.25, -0.2) is 4.79 Å². The van der Waals surface area contributed by atoms with Gasteiger partial charge in [0.25, 0.3) is 5.69 Å². The Hall–Kier alpha value is -2.41. The van der Waals surface area contributed by atoms with Crippen molar-refractivity contribution in [1.29, 1.82) is 0 Å². The number of benzene rings is 1. The average Bonchev–Trinajstić information content (AvgIpc) is 2.88. The molecule has 0 aliphatic carbocycles. The number of nitro groups is 1. The minimum absolute atomic E-state index is 0.145. The van der Waals surface area contributed by atoms with Crippen molar-refractivity contribution in [3.05, 3.63) is 45.1 Å². The number of hydrogen-bond acceptors (Lipinski definition) is 5. The van der Waals surface area contributed by atoms with Crippen LogP contribution in [0.3, 0.4) is 0 Å². The molecule has 0 aliphatic rings. The molecular formula is C12H10ClN3O4. The fraction of sp³-hybridized carbons (Fsp3) is 0.167. The van der Waals surface area contributed by atoms with Gasteiger partial charge in [0.15, 0.2) is 0 Å². The number of nitro benzene ring substituents is 1. The maximum absolute atomic E-state index is 11.5. The Kier molecular flexibility index (Phi) is 3.99. The van der Waals surface area contributed by atoms with E-state index in [1.54, 1.807) is 6.92 Å². The quantitative estimate of drug-likeness (QED) is 0.531. The molecule has 0 unspecified atom stereocenters. The van der Waals surface area contributed by atoms with Gasteiger partial charge >= 0.3 is 5.97 Å². The molecule has 1 heterocycles. The molecule has 0 saturated heterocycles. The van der Waals surface area contributed by atoms with Crippen LogP contribution in [0, 0.1) is 10.1 Å². The van der Waals surface area contributed by atoms with Gasteiger partial charge in [-0.1, -0.05) is 11.6 Å². The van der Waals surface area contributed by atoms with E-state index in [2.05, 4.69) is 10.2 Å². The first-order valence-electron chi connectivity index (χ1n) is 5.69. The van der Waals surface area contributed by atoms with Crippen molar-refractivity contribution in [2.24, 2.45) is 0 Å². The molecule has 0 aliphatic heterocycles. The summed E-state index contributed by atoms with van der Waals surface area (Å²) in [5.41, 5.74) is 0.840. The molecule has 7 nitrogen and oxygen atoms in total. The third-order valence-electron chi connectivity index (χ3n) is 2.46. The Balaban J connectivity index is 2.37. The van der Waals surface area contributed by atoms with Gasteiger partial charge in [-0.15, -0.1) is 0 Å². The first-order chi connectivity index (χ1) is 9.51. The average molecular weight is 296 g/mol. The van der Waals surface area contributed by atoms with E-state index in [4.69, 9.17) is 16.3 Å². The lowest BCUT2D eigenvalue weighted by molar-refractivity contribution is -0.384. The van der Waals surface area contributed by atoms with Crippen LogP contribution in [0.2, 0.25) is 5.02 Å². The molecule has 2 rings (SSSR count). The standard InChI is InChI=1S/C12H10ClN3O4/c1-2-20-12(17)11-6-10(14-15-11)7-3-8(13)5-9(4-7)16(18)19/h3-6H,2H2,1H3,(H,14,15). The highest BCUT2D eigenvalue weighted by Crippen LogP contribution is 2.27. The molecule has 0 atom stereocenters. The highest BCUT2D eigenvalue weighted by atomic mass is 35.5. The van der Waals surface area contributed by atoms with Crippen molar-refractivity contribution in [1.82, 2.24) is 10.2 Å². The second kappa shape index (κ2) is 5.70. The number of aromatic amines is 1. The summed E-state index contributed by atoms with van der Waals surface area (Å²) in [6.45, 7) is 1.94. The molecule has 2 aromatic rings. The fourth-order valence-corrected chi connectivity index (χ4v) is 1.84. The summed E-state index contributed by atoms with van der Waals surface area (Å²) in [6, 6.07) is 5.55. The van der Waals surface area contributed by atoms with Gasteiger partial charge in [0, 0.05) is 22.7 Å². The van der Waals surface area contributed by atoms with Crippen molar-refractivity contribution in [3.8, 4) is 11.3 Å². The van der Waals surface area contributed by atoms with E-state index in [1.165, 1.54) is 24.3 Å². The zero-order valence-corrected chi connectivity index (χ0v) is 11.2. The first-order valence-corrected chi connectivity index (χ1v) is 6.07. The van der Waals surface area contributed by atoms with Crippen LogP contribution in [-0.2, 0) is 4.74 Å². The fourth-order valence-electron chi connectivity index (χ4n) is 1.61. The Morgan fingerprint density at radius 1 is 1.45 bits per heavy atom. The Labute approximate surface area is 118 Å².